The number of ether oxygens (including phenoxy) is 1. The fourth-order valence-corrected chi connectivity index (χ4v) is 2.98. The van der Waals surface area contributed by atoms with Crippen LogP contribution in [0.2, 0.25) is 0 Å². The molecule has 0 bridgehead atoms. The Labute approximate surface area is 144 Å². The average Bonchev–Trinajstić information content (AvgIpc) is 3.07. The van der Waals surface area contributed by atoms with Gasteiger partial charge in [0, 0.05) is 17.2 Å². The van der Waals surface area contributed by atoms with E-state index in [4.69, 9.17) is 4.74 Å². The zero-order valence-corrected chi connectivity index (χ0v) is 13.8. The van der Waals surface area contributed by atoms with Crippen LogP contribution < -0.4 is 0 Å². The van der Waals surface area contributed by atoms with Crippen LogP contribution in [0.25, 0.3) is 0 Å². The summed E-state index contributed by atoms with van der Waals surface area (Å²) in [5, 5.41) is 10.9. The molecule has 0 spiro atoms. The Morgan fingerprint density at radius 1 is 1.08 bits per heavy atom. The summed E-state index contributed by atoms with van der Waals surface area (Å²) in [5.41, 5.74) is 3.31. The first-order valence-corrected chi connectivity index (χ1v) is 8.03. The van der Waals surface area contributed by atoms with Gasteiger partial charge in [-0.2, -0.15) is 0 Å². The van der Waals surface area contributed by atoms with E-state index in [1.807, 2.05) is 12.1 Å². The van der Waals surface area contributed by atoms with E-state index in [-0.39, 0.29) is 23.6 Å². The van der Waals surface area contributed by atoms with E-state index in [0.717, 1.165) is 25.3 Å². The van der Waals surface area contributed by atoms with Gasteiger partial charge >= 0.3 is 5.97 Å². The molecule has 25 heavy (non-hydrogen) atoms. The Balaban J connectivity index is 1.67. The maximum Gasteiger partial charge on any atom is 0.338 e. The normalized spacial score (nSPS) is 12.5. The van der Waals surface area contributed by atoms with Gasteiger partial charge in [0.15, 0.2) is 12.4 Å². The molecule has 6 nitrogen and oxygen atoms in total. The van der Waals surface area contributed by atoms with Gasteiger partial charge < -0.3 is 4.74 Å². The lowest BCUT2D eigenvalue weighted by Crippen LogP contribution is -2.14. The lowest BCUT2D eigenvalue weighted by atomic mass is 10.0. The second-order valence-electron chi connectivity index (χ2n) is 6.09. The van der Waals surface area contributed by atoms with Crippen LogP contribution in [0.15, 0.2) is 36.4 Å². The summed E-state index contributed by atoms with van der Waals surface area (Å²) in [5.74, 6) is -1.04. The van der Waals surface area contributed by atoms with Gasteiger partial charge in [-0.3, -0.25) is 14.9 Å². The zero-order chi connectivity index (χ0) is 18.0. The topological polar surface area (TPSA) is 86.5 Å². The number of hydrogen-bond acceptors (Lipinski definition) is 5. The van der Waals surface area contributed by atoms with Crippen molar-refractivity contribution in [1.29, 1.82) is 0 Å². The lowest BCUT2D eigenvalue weighted by molar-refractivity contribution is -0.385. The second-order valence-corrected chi connectivity index (χ2v) is 6.09. The SMILES string of the molecule is Cc1ccc(C(=O)OCC(=O)c2ccc3c(c2)CCC3)cc1[N+](=O)[O-]. The van der Waals surface area contributed by atoms with E-state index in [0.29, 0.717) is 11.1 Å². The van der Waals surface area contributed by atoms with Crippen molar-refractivity contribution in [2.24, 2.45) is 0 Å². The monoisotopic (exact) mass is 339 g/mol. The summed E-state index contributed by atoms with van der Waals surface area (Å²) >= 11 is 0. The maximum atomic E-state index is 12.2. The van der Waals surface area contributed by atoms with Crippen molar-refractivity contribution in [3.05, 3.63) is 74.3 Å². The minimum atomic E-state index is -0.752. The maximum absolute atomic E-state index is 12.2. The van der Waals surface area contributed by atoms with E-state index >= 15 is 0 Å². The standard InChI is InChI=1S/C19H17NO5/c1-12-5-6-16(10-17(12)20(23)24)19(22)25-11-18(21)15-8-7-13-3-2-4-14(13)9-15/h5-10H,2-4,11H2,1H3. The van der Waals surface area contributed by atoms with Crippen LogP contribution in [0.5, 0.6) is 0 Å². The van der Waals surface area contributed by atoms with Gasteiger partial charge in [0.2, 0.25) is 0 Å². The quantitative estimate of drug-likeness (QED) is 0.360. The van der Waals surface area contributed by atoms with Gasteiger partial charge in [-0.25, -0.2) is 4.79 Å². The van der Waals surface area contributed by atoms with Gasteiger partial charge in [-0.1, -0.05) is 18.2 Å². The van der Waals surface area contributed by atoms with Crippen LogP contribution in [0.4, 0.5) is 5.69 Å². The summed E-state index contributed by atoms with van der Waals surface area (Å²) in [6, 6.07) is 9.64. The third-order valence-corrected chi connectivity index (χ3v) is 4.40. The minimum Gasteiger partial charge on any atom is -0.454 e. The first-order chi connectivity index (χ1) is 12.0. The molecule has 3 rings (SSSR count). The molecule has 2 aromatic carbocycles. The molecule has 0 fully saturated rings. The highest BCUT2D eigenvalue weighted by atomic mass is 16.6. The van der Waals surface area contributed by atoms with Crippen LogP contribution in [0.3, 0.4) is 0 Å². The van der Waals surface area contributed by atoms with E-state index in [1.165, 1.54) is 23.3 Å². The minimum absolute atomic E-state index is 0.0547. The van der Waals surface area contributed by atoms with Crippen molar-refractivity contribution < 1.29 is 19.2 Å². The first-order valence-electron chi connectivity index (χ1n) is 8.03. The molecule has 2 aromatic rings. The number of fused-ring (bicyclic) bond motifs is 1. The molecule has 128 valence electrons. The lowest BCUT2D eigenvalue weighted by Gasteiger charge is -2.07. The van der Waals surface area contributed by atoms with Gasteiger partial charge in [0.05, 0.1) is 10.5 Å². The number of aryl methyl sites for hydroxylation is 3. The highest BCUT2D eigenvalue weighted by Gasteiger charge is 2.18. The molecule has 0 aromatic heterocycles. The number of Topliss-reactive ketones (excluding diaryl/α,β-unsaturated/α-hetero) is 1. The first kappa shape index (κ1) is 16.8. The number of rotatable bonds is 5. The predicted octanol–water partition coefficient (Wildman–Crippen LogP) is 3.43. The summed E-state index contributed by atoms with van der Waals surface area (Å²) in [7, 11) is 0. The molecular formula is C19H17NO5. The van der Waals surface area contributed by atoms with E-state index in [2.05, 4.69) is 0 Å². The van der Waals surface area contributed by atoms with Gasteiger partial charge in [0.1, 0.15) is 0 Å². The summed E-state index contributed by atoms with van der Waals surface area (Å²) in [6.07, 6.45) is 3.09. The summed E-state index contributed by atoms with van der Waals surface area (Å²) in [4.78, 5) is 34.7. The number of hydrogen-bond donors (Lipinski definition) is 0. The van der Waals surface area contributed by atoms with Crippen molar-refractivity contribution in [3.8, 4) is 0 Å². The predicted molar refractivity (Wildman–Crippen MR) is 90.9 cm³/mol. The number of esters is 1. The van der Waals surface area contributed by atoms with Crippen LogP contribution in [-0.4, -0.2) is 23.3 Å². The van der Waals surface area contributed by atoms with E-state index in [1.54, 1.807) is 13.0 Å². The molecule has 0 saturated heterocycles. The van der Waals surface area contributed by atoms with Crippen molar-refractivity contribution in [3.63, 3.8) is 0 Å². The highest BCUT2D eigenvalue weighted by molar-refractivity contribution is 5.99. The Bertz CT molecular complexity index is 872. The van der Waals surface area contributed by atoms with Crippen LogP contribution in [0.1, 0.15) is 43.8 Å². The molecule has 1 aliphatic carbocycles. The Hall–Kier alpha value is -3.02. The Morgan fingerprint density at radius 2 is 1.80 bits per heavy atom. The van der Waals surface area contributed by atoms with Crippen molar-refractivity contribution in [1.82, 2.24) is 0 Å². The smallest absolute Gasteiger partial charge is 0.338 e. The number of nitrogens with zero attached hydrogens (tertiary/aromatic N) is 1. The van der Waals surface area contributed by atoms with E-state index < -0.39 is 10.9 Å². The van der Waals surface area contributed by atoms with E-state index in [9.17, 15) is 19.7 Å². The number of nitro groups is 1. The van der Waals surface area contributed by atoms with Crippen molar-refractivity contribution in [2.45, 2.75) is 26.2 Å². The highest BCUT2D eigenvalue weighted by Crippen LogP contribution is 2.23. The molecule has 0 amide bonds. The van der Waals surface area contributed by atoms with Crippen LogP contribution >= 0.6 is 0 Å². The molecule has 0 saturated carbocycles. The number of ketones is 1. The molecule has 0 heterocycles. The van der Waals surface area contributed by atoms with Gasteiger partial charge in [0.25, 0.3) is 5.69 Å². The Morgan fingerprint density at radius 3 is 2.56 bits per heavy atom. The summed E-state index contributed by atoms with van der Waals surface area (Å²) < 4.78 is 5.03. The number of carbonyl (C=O) groups is 2. The molecule has 0 atom stereocenters. The second kappa shape index (κ2) is 6.84. The van der Waals surface area contributed by atoms with Gasteiger partial charge in [-0.15, -0.1) is 0 Å². The fourth-order valence-electron chi connectivity index (χ4n) is 2.98. The number of carbonyl (C=O) groups excluding carboxylic acids is 2. The Kier molecular flexibility index (Phi) is 4.61. The third kappa shape index (κ3) is 3.57. The molecule has 0 aliphatic heterocycles. The number of nitro benzene ring substituents is 1. The fraction of sp³-hybridized carbons (Fsp3) is 0.263. The molecule has 1 aliphatic rings. The van der Waals surface area contributed by atoms with Gasteiger partial charge in [-0.05, 0) is 49.4 Å². The molecule has 0 N–H and O–H groups in total. The molecule has 6 heteroatoms. The average molecular weight is 339 g/mol. The molecular weight excluding hydrogens is 322 g/mol. The zero-order valence-electron chi connectivity index (χ0n) is 13.8. The van der Waals surface area contributed by atoms with Crippen LogP contribution in [-0.2, 0) is 17.6 Å². The number of benzene rings is 2. The van der Waals surface area contributed by atoms with Crippen molar-refractivity contribution >= 4 is 17.4 Å². The largest absolute Gasteiger partial charge is 0.454 e. The molecule has 0 radical (unpaired) electrons. The summed E-state index contributed by atoms with van der Waals surface area (Å²) in [6.45, 7) is 1.20. The van der Waals surface area contributed by atoms with Crippen LogP contribution in [0, 0.1) is 17.0 Å². The third-order valence-electron chi connectivity index (χ3n) is 4.40. The van der Waals surface area contributed by atoms with Crippen molar-refractivity contribution in [2.75, 3.05) is 6.61 Å². The molecule has 0 unspecified atom stereocenters.